The van der Waals surface area contributed by atoms with Crippen LogP contribution >= 0.6 is 0 Å². The van der Waals surface area contributed by atoms with Crippen molar-refractivity contribution in [3.63, 3.8) is 0 Å². The fourth-order valence-corrected chi connectivity index (χ4v) is 2.17. The van der Waals surface area contributed by atoms with Gasteiger partial charge in [-0.25, -0.2) is 0 Å². The molecule has 1 atom stereocenters. The highest BCUT2D eigenvalue weighted by molar-refractivity contribution is 5.77. The van der Waals surface area contributed by atoms with E-state index in [2.05, 4.69) is 34.6 Å². The van der Waals surface area contributed by atoms with Gasteiger partial charge in [0.25, 0.3) is 0 Å². The zero-order chi connectivity index (χ0) is 12.6. The number of nitrogens with two attached hydrogens (primary N) is 1. The van der Waals surface area contributed by atoms with Crippen LogP contribution in [0.4, 0.5) is 0 Å². The van der Waals surface area contributed by atoms with Gasteiger partial charge < -0.3 is 10.6 Å². The summed E-state index contributed by atoms with van der Waals surface area (Å²) in [5.74, 6) is 0.257. The number of hydrogen-bond acceptors (Lipinski definition) is 2. The molecular formula is C13H26N2O. The summed E-state index contributed by atoms with van der Waals surface area (Å²) in [7, 11) is 0. The van der Waals surface area contributed by atoms with Gasteiger partial charge in [-0.05, 0) is 32.1 Å². The maximum Gasteiger partial charge on any atom is 0.223 e. The highest BCUT2D eigenvalue weighted by atomic mass is 16.2. The first-order valence-electron chi connectivity index (χ1n) is 6.20. The van der Waals surface area contributed by atoms with E-state index in [4.69, 9.17) is 5.73 Å². The Bertz CT molecular complexity index is 266. The summed E-state index contributed by atoms with van der Waals surface area (Å²) in [6.07, 6.45) is 2.50. The van der Waals surface area contributed by atoms with Crippen LogP contribution in [0.1, 0.15) is 53.9 Å². The topological polar surface area (TPSA) is 46.3 Å². The van der Waals surface area contributed by atoms with Gasteiger partial charge in [0.15, 0.2) is 0 Å². The van der Waals surface area contributed by atoms with Crippen LogP contribution in [0.15, 0.2) is 0 Å². The van der Waals surface area contributed by atoms with Gasteiger partial charge in [-0.2, -0.15) is 0 Å². The number of hydrogen-bond donors (Lipinski definition) is 1. The molecule has 2 N–H and O–H groups in total. The standard InChI is InChI=1S/C13H26N2O/c1-12(2,3)8-6-11(16)15-9-7-10(14)13(15,4)5/h10H,6-9,14H2,1-5H3. The number of likely N-dealkylation sites (tertiary alicyclic amines) is 1. The van der Waals surface area contributed by atoms with Gasteiger partial charge in [-0.3, -0.25) is 4.79 Å². The van der Waals surface area contributed by atoms with Gasteiger partial charge in [-0.1, -0.05) is 20.8 Å². The predicted molar refractivity (Wildman–Crippen MR) is 67.1 cm³/mol. The molecule has 1 heterocycles. The maximum absolute atomic E-state index is 12.1. The molecule has 0 aromatic heterocycles. The third kappa shape index (κ3) is 2.97. The van der Waals surface area contributed by atoms with E-state index in [0.29, 0.717) is 6.42 Å². The fourth-order valence-electron chi connectivity index (χ4n) is 2.17. The molecule has 1 amide bonds. The van der Waals surface area contributed by atoms with Gasteiger partial charge in [0.05, 0.1) is 5.54 Å². The van der Waals surface area contributed by atoms with Crippen LogP contribution in [0, 0.1) is 5.41 Å². The third-order valence-electron chi connectivity index (χ3n) is 3.66. The molecule has 1 rings (SSSR count). The number of carbonyl (C=O) groups is 1. The summed E-state index contributed by atoms with van der Waals surface area (Å²) in [6.45, 7) is 11.5. The Morgan fingerprint density at radius 1 is 1.44 bits per heavy atom. The molecule has 1 fully saturated rings. The minimum Gasteiger partial charge on any atom is -0.336 e. The molecule has 3 nitrogen and oxygen atoms in total. The molecule has 0 aromatic carbocycles. The summed E-state index contributed by atoms with van der Waals surface area (Å²) in [4.78, 5) is 14.1. The summed E-state index contributed by atoms with van der Waals surface area (Å²) < 4.78 is 0. The number of nitrogens with zero attached hydrogens (tertiary/aromatic N) is 1. The molecule has 16 heavy (non-hydrogen) atoms. The molecule has 0 aromatic rings. The lowest BCUT2D eigenvalue weighted by Crippen LogP contribution is -2.51. The monoisotopic (exact) mass is 226 g/mol. The maximum atomic E-state index is 12.1. The first kappa shape index (κ1) is 13.5. The Morgan fingerprint density at radius 2 is 2.00 bits per heavy atom. The Hall–Kier alpha value is -0.570. The van der Waals surface area contributed by atoms with Crippen LogP contribution in [0.25, 0.3) is 0 Å². The lowest BCUT2D eigenvalue weighted by molar-refractivity contribution is -0.135. The van der Waals surface area contributed by atoms with E-state index in [1.54, 1.807) is 0 Å². The first-order chi connectivity index (χ1) is 7.14. The van der Waals surface area contributed by atoms with Crippen molar-refractivity contribution >= 4 is 5.91 Å². The van der Waals surface area contributed by atoms with E-state index in [1.165, 1.54) is 0 Å². The second-order valence-electron chi connectivity index (χ2n) is 6.65. The van der Waals surface area contributed by atoms with E-state index >= 15 is 0 Å². The average Bonchev–Trinajstić information content (AvgIpc) is 2.37. The van der Waals surface area contributed by atoms with Crippen LogP contribution in [-0.2, 0) is 4.79 Å². The van der Waals surface area contributed by atoms with Crippen molar-refractivity contribution < 1.29 is 4.79 Å². The molecule has 0 saturated carbocycles. The van der Waals surface area contributed by atoms with Crippen LogP contribution in [0.5, 0.6) is 0 Å². The lowest BCUT2D eigenvalue weighted by atomic mass is 9.90. The summed E-state index contributed by atoms with van der Waals surface area (Å²) in [6, 6.07) is 0.117. The second kappa shape index (κ2) is 4.36. The number of carbonyl (C=O) groups excluding carboxylic acids is 1. The van der Waals surface area contributed by atoms with Gasteiger partial charge in [0.1, 0.15) is 0 Å². The molecule has 3 heteroatoms. The minimum absolute atomic E-state index is 0.117. The Labute approximate surface area is 99.4 Å². The average molecular weight is 226 g/mol. The van der Waals surface area contributed by atoms with E-state index in [-0.39, 0.29) is 22.9 Å². The highest BCUT2D eigenvalue weighted by Crippen LogP contribution is 2.29. The smallest absolute Gasteiger partial charge is 0.223 e. The summed E-state index contributed by atoms with van der Waals surface area (Å²) >= 11 is 0. The van der Waals surface area contributed by atoms with Gasteiger partial charge in [-0.15, -0.1) is 0 Å². The lowest BCUT2D eigenvalue weighted by Gasteiger charge is -2.35. The molecule has 94 valence electrons. The molecule has 0 radical (unpaired) electrons. The molecule has 1 saturated heterocycles. The SMILES string of the molecule is CC(C)(C)CCC(=O)N1CCC(N)C1(C)C. The highest BCUT2D eigenvalue weighted by Gasteiger charge is 2.41. The molecule has 0 aliphatic carbocycles. The van der Waals surface area contributed by atoms with E-state index in [0.717, 1.165) is 19.4 Å². The molecule has 0 spiro atoms. The summed E-state index contributed by atoms with van der Waals surface area (Å²) in [5, 5.41) is 0. The second-order valence-corrected chi connectivity index (χ2v) is 6.65. The van der Waals surface area contributed by atoms with Crippen molar-refractivity contribution in [1.29, 1.82) is 0 Å². The number of amides is 1. The predicted octanol–water partition coefficient (Wildman–Crippen LogP) is 2.15. The normalized spacial score (nSPS) is 24.9. The van der Waals surface area contributed by atoms with Gasteiger partial charge in [0.2, 0.25) is 5.91 Å². The van der Waals surface area contributed by atoms with Crippen molar-refractivity contribution in [2.45, 2.75) is 65.5 Å². The fraction of sp³-hybridized carbons (Fsp3) is 0.923. The van der Waals surface area contributed by atoms with Crippen LogP contribution < -0.4 is 5.73 Å². The summed E-state index contributed by atoms with van der Waals surface area (Å²) in [5.41, 5.74) is 6.08. The number of rotatable bonds is 2. The third-order valence-corrected chi connectivity index (χ3v) is 3.66. The quantitative estimate of drug-likeness (QED) is 0.784. The van der Waals surface area contributed by atoms with E-state index < -0.39 is 0 Å². The Morgan fingerprint density at radius 3 is 2.38 bits per heavy atom. The van der Waals surface area contributed by atoms with Crippen molar-refractivity contribution in [2.75, 3.05) is 6.54 Å². The van der Waals surface area contributed by atoms with Crippen LogP contribution in [0.2, 0.25) is 0 Å². The first-order valence-corrected chi connectivity index (χ1v) is 6.20. The van der Waals surface area contributed by atoms with Gasteiger partial charge in [0, 0.05) is 19.0 Å². The zero-order valence-electron chi connectivity index (χ0n) is 11.3. The zero-order valence-corrected chi connectivity index (χ0v) is 11.3. The molecule has 1 aliphatic rings. The van der Waals surface area contributed by atoms with Crippen molar-refractivity contribution in [2.24, 2.45) is 11.1 Å². The largest absolute Gasteiger partial charge is 0.336 e. The van der Waals surface area contributed by atoms with Crippen molar-refractivity contribution in [3.8, 4) is 0 Å². The molecular weight excluding hydrogens is 200 g/mol. The molecule has 0 bridgehead atoms. The molecule has 1 aliphatic heterocycles. The van der Waals surface area contributed by atoms with E-state index in [9.17, 15) is 4.79 Å². The van der Waals surface area contributed by atoms with Crippen molar-refractivity contribution in [3.05, 3.63) is 0 Å². The molecule has 1 unspecified atom stereocenters. The van der Waals surface area contributed by atoms with E-state index in [1.807, 2.05) is 4.90 Å². The van der Waals surface area contributed by atoms with Crippen LogP contribution in [0.3, 0.4) is 0 Å². The van der Waals surface area contributed by atoms with Crippen LogP contribution in [-0.4, -0.2) is 28.9 Å². The van der Waals surface area contributed by atoms with Crippen molar-refractivity contribution in [1.82, 2.24) is 4.90 Å². The Balaban J connectivity index is 2.56. The Kier molecular flexibility index (Phi) is 3.68. The van der Waals surface area contributed by atoms with Gasteiger partial charge >= 0.3 is 0 Å². The minimum atomic E-state index is -0.172.